The molecule has 1 amide bonds. The number of nitrogens with one attached hydrogen (secondary N) is 1. The van der Waals surface area contributed by atoms with Gasteiger partial charge in [-0.25, -0.2) is 4.98 Å². The molecule has 0 bridgehead atoms. The van der Waals surface area contributed by atoms with Crippen molar-refractivity contribution in [1.82, 2.24) is 4.98 Å². The molecule has 3 rings (SSSR count). The maximum atomic E-state index is 12.1. The summed E-state index contributed by atoms with van der Waals surface area (Å²) in [6.45, 7) is 1.96. The number of nitrogens with zero attached hydrogens (tertiary/aromatic N) is 1. The van der Waals surface area contributed by atoms with Gasteiger partial charge in [0, 0.05) is 5.69 Å². The number of thiazole rings is 1. The Balaban J connectivity index is 1.82. The first kappa shape index (κ1) is 12.6. The van der Waals surface area contributed by atoms with Gasteiger partial charge in [0.2, 0.25) is 0 Å². The van der Waals surface area contributed by atoms with E-state index in [4.69, 9.17) is 0 Å². The highest BCUT2D eigenvalue weighted by atomic mass is 32.1. The van der Waals surface area contributed by atoms with Crippen LogP contribution in [-0.2, 0) is 4.79 Å². The van der Waals surface area contributed by atoms with Gasteiger partial charge in [-0.3, -0.25) is 4.79 Å². The first-order valence-electron chi connectivity index (χ1n) is 6.48. The highest BCUT2D eigenvalue weighted by molar-refractivity contribution is 7.18. The van der Waals surface area contributed by atoms with E-state index in [9.17, 15) is 9.90 Å². The van der Waals surface area contributed by atoms with E-state index in [1.807, 2.05) is 25.1 Å². The van der Waals surface area contributed by atoms with Gasteiger partial charge in [-0.1, -0.05) is 0 Å². The molecule has 2 N–H and O–H groups in total. The monoisotopic (exact) mass is 276 g/mol. The lowest BCUT2D eigenvalue weighted by atomic mass is 10.0. The van der Waals surface area contributed by atoms with E-state index in [0.717, 1.165) is 33.8 Å². The molecule has 1 aliphatic carbocycles. The SMILES string of the molecule is Cc1nc2ccc(NC(=O)C3(O)CCCC3)cc2s1. The van der Waals surface area contributed by atoms with E-state index >= 15 is 0 Å². The second-order valence-electron chi connectivity index (χ2n) is 5.11. The zero-order valence-corrected chi connectivity index (χ0v) is 11.6. The molecule has 0 saturated heterocycles. The van der Waals surface area contributed by atoms with E-state index in [1.165, 1.54) is 0 Å². The molecule has 19 heavy (non-hydrogen) atoms. The molecule has 100 valence electrons. The van der Waals surface area contributed by atoms with Crippen molar-refractivity contribution in [2.24, 2.45) is 0 Å². The fourth-order valence-electron chi connectivity index (χ4n) is 2.55. The summed E-state index contributed by atoms with van der Waals surface area (Å²) in [6.07, 6.45) is 2.94. The number of carbonyl (C=O) groups excluding carboxylic acids is 1. The first-order valence-corrected chi connectivity index (χ1v) is 7.29. The third-order valence-corrected chi connectivity index (χ3v) is 4.54. The van der Waals surface area contributed by atoms with Crippen molar-refractivity contribution in [2.45, 2.75) is 38.2 Å². The second kappa shape index (κ2) is 4.58. The lowest BCUT2D eigenvalue weighted by Gasteiger charge is -2.20. The van der Waals surface area contributed by atoms with E-state index in [0.29, 0.717) is 12.8 Å². The number of hydrogen-bond acceptors (Lipinski definition) is 4. The van der Waals surface area contributed by atoms with Gasteiger partial charge in [-0.15, -0.1) is 11.3 Å². The number of aliphatic hydroxyl groups is 1. The smallest absolute Gasteiger partial charge is 0.256 e. The van der Waals surface area contributed by atoms with Gasteiger partial charge < -0.3 is 10.4 Å². The minimum atomic E-state index is -1.18. The first-order chi connectivity index (χ1) is 9.07. The summed E-state index contributed by atoms with van der Waals surface area (Å²) in [5, 5.41) is 14.0. The van der Waals surface area contributed by atoms with Gasteiger partial charge >= 0.3 is 0 Å². The van der Waals surface area contributed by atoms with Crippen LogP contribution in [0.1, 0.15) is 30.7 Å². The Kier molecular flexibility index (Phi) is 3.03. The lowest BCUT2D eigenvalue weighted by Crippen LogP contribution is -2.40. The van der Waals surface area contributed by atoms with Crippen molar-refractivity contribution < 1.29 is 9.90 Å². The van der Waals surface area contributed by atoms with Crippen LogP contribution in [0.5, 0.6) is 0 Å². The molecule has 1 aliphatic rings. The number of carbonyl (C=O) groups is 1. The number of fused-ring (bicyclic) bond motifs is 1. The van der Waals surface area contributed by atoms with E-state index in [1.54, 1.807) is 11.3 Å². The van der Waals surface area contributed by atoms with Crippen molar-refractivity contribution in [1.29, 1.82) is 0 Å². The van der Waals surface area contributed by atoms with Crippen molar-refractivity contribution in [3.8, 4) is 0 Å². The predicted octanol–water partition coefficient (Wildman–Crippen LogP) is 2.85. The quantitative estimate of drug-likeness (QED) is 0.886. The Hall–Kier alpha value is -1.46. The maximum Gasteiger partial charge on any atom is 0.256 e. The molecule has 2 aromatic rings. The van der Waals surface area contributed by atoms with Gasteiger partial charge in [0.15, 0.2) is 0 Å². The van der Waals surface area contributed by atoms with Crippen LogP contribution in [0.15, 0.2) is 18.2 Å². The summed E-state index contributed by atoms with van der Waals surface area (Å²) in [5.41, 5.74) is 0.486. The second-order valence-corrected chi connectivity index (χ2v) is 6.34. The summed E-state index contributed by atoms with van der Waals surface area (Å²) < 4.78 is 1.05. The molecule has 0 atom stereocenters. The van der Waals surface area contributed by atoms with Crippen molar-refractivity contribution >= 4 is 33.1 Å². The van der Waals surface area contributed by atoms with Gasteiger partial charge in [0.1, 0.15) is 5.60 Å². The molecule has 1 aromatic carbocycles. The fraction of sp³-hybridized carbons (Fsp3) is 0.429. The summed E-state index contributed by atoms with van der Waals surface area (Å²) in [5.74, 6) is -0.286. The fourth-order valence-corrected chi connectivity index (χ4v) is 3.42. The summed E-state index contributed by atoms with van der Waals surface area (Å²) in [6, 6.07) is 5.64. The number of amides is 1. The molecule has 0 unspecified atom stereocenters. The van der Waals surface area contributed by atoms with Crippen molar-refractivity contribution in [3.63, 3.8) is 0 Å². The van der Waals surface area contributed by atoms with Crippen LogP contribution in [0.4, 0.5) is 5.69 Å². The maximum absolute atomic E-state index is 12.1. The molecule has 4 nitrogen and oxygen atoms in total. The predicted molar refractivity (Wildman–Crippen MR) is 76.4 cm³/mol. The minimum Gasteiger partial charge on any atom is -0.380 e. The van der Waals surface area contributed by atoms with Gasteiger partial charge in [-0.05, 0) is 50.8 Å². The third kappa shape index (κ3) is 2.35. The van der Waals surface area contributed by atoms with Crippen LogP contribution >= 0.6 is 11.3 Å². The Morgan fingerprint density at radius 1 is 1.42 bits per heavy atom. The highest BCUT2D eigenvalue weighted by Gasteiger charge is 2.38. The zero-order valence-electron chi connectivity index (χ0n) is 10.8. The molecule has 1 aromatic heterocycles. The molecular weight excluding hydrogens is 260 g/mol. The Morgan fingerprint density at radius 2 is 2.16 bits per heavy atom. The zero-order chi connectivity index (χ0) is 13.5. The standard InChI is InChI=1S/C14H16N2O2S/c1-9-15-11-5-4-10(8-12(11)19-9)16-13(17)14(18)6-2-3-7-14/h4-5,8,18H,2-3,6-7H2,1H3,(H,16,17). The summed E-state index contributed by atoms with van der Waals surface area (Å²) in [7, 11) is 0. The van der Waals surface area contributed by atoms with Gasteiger partial charge in [-0.2, -0.15) is 0 Å². The number of aryl methyl sites for hydroxylation is 1. The van der Waals surface area contributed by atoms with Gasteiger partial charge in [0.25, 0.3) is 5.91 Å². The van der Waals surface area contributed by atoms with Crippen LogP contribution in [-0.4, -0.2) is 21.6 Å². The molecule has 0 aliphatic heterocycles. The van der Waals surface area contributed by atoms with E-state index in [-0.39, 0.29) is 5.91 Å². The molecule has 1 heterocycles. The topological polar surface area (TPSA) is 62.2 Å². The Labute approximate surface area is 115 Å². The summed E-state index contributed by atoms with van der Waals surface area (Å²) in [4.78, 5) is 16.5. The average Bonchev–Trinajstić information content (AvgIpc) is 2.95. The lowest BCUT2D eigenvalue weighted by molar-refractivity contribution is -0.133. The van der Waals surface area contributed by atoms with Crippen LogP contribution in [0.3, 0.4) is 0 Å². The number of anilines is 1. The van der Waals surface area contributed by atoms with E-state index < -0.39 is 5.60 Å². The van der Waals surface area contributed by atoms with Crippen LogP contribution in [0.25, 0.3) is 10.2 Å². The van der Waals surface area contributed by atoms with Crippen LogP contribution in [0.2, 0.25) is 0 Å². The molecule has 1 saturated carbocycles. The number of rotatable bonds is 2. The number of hydrogen-bond donors (Lipinski definition) is 2. The normalized spacial score (nSPS) is 17.8. The third-order valence-electron chi connectivity index (χ3n) is 3.61. The van der Waals surface area contributed by atoms with Gasteiger partial charge in [0.05, 0.1) is 15.2 Å². The van der Waals surface area contributed by atoms with Crippen LogP contribution < -0.4 is 5.32 Å². The van der Waals surface area contributed by atoms with Crippen molar-refractivity contribution in [3.05, 3.63) is 23.2 Å². The average molecular weight is 276 g/mol. The Bertz CT molecular complexity index is 629. The summed E-state index contributed by atoms with van der Waals surface area (Å²) >= 11 is 1.60. The molecule has 1 fully saturated rings. The van der Waals surface area contributed by atoms with E-state index in [2.05, 4.69) is 10.3 Å². The number of benzene rings is 1. The Morgan fingerprint density at radius 3 is 2.89 bits per heavy atom. The number of aromatic nitrogens is 1. The largest absolute Gasteiger partial charge is 0.380 e. The highest BCUT2D eigenvalue weighted by Crippen LogP contribution is 2.31. The molecule has 0 radical (unpaired) electrons. The molecular formula is C14H16N2O2S. The van der Waals surface area contributed by atoms with Crippen molar-refractivity contribution in [2.75, 3.05) is 5.32 Å². The van der Waals surface area contributed by atoms with Crippen LogP contribution in [0, 0.1) is 6.92 Å². The molecule has 0 spiro atoms. The minimum absolute atomic E-state index is 0.286. The molecule has 5 heteroatoms.